The number of anilines is 2. The number of carbonyl (C=O) groups is 2. The van der Waals surface area contributed by atoms with Crippen molar-refractivity contribution in [1.29, 1.82) is 0 Å². The molecular weight excluding hydrogens is 450 g/mol. The number of benzene rings is 2. The summed E-state index contributed by atoms with van der Waals surface area (Å²) in [7, 11) is 0. The number of aryl methyl sites for hydroxylation is 1. The van der Waals surface area contributed by atoms with Crippen LogP contribution in [-0.2, 0) is 0 Å². The average Bonchev–Trinajstić information content (AvgIpc) is 2.94. The molecule has 3 heterocycles. The van der Waals surface area contributed by atoms with Gasteiger partial charge in [0.25, 0.3) is 11.8 Å². The smallest absolute Gasteiger partial charge is 0.256 e. The van der Waals surface area contributed by atoms with Crippen LogP contribution in [0.5, 0.6) is 0 Å². The Hall–Kier alpha value is -3.87. The second-order valence-electron chi connectivity index (χ2n) is 9.59. The summed E-state index contributed by atoms with van der Waals surface area (Å²) < 4.78 is 0. The van der Waals surface area contributed by atoms with Crippen molar-refractivity contribution in [3.63, 3.8) is 0 Å². The van der Waals surface area contributed by atoms with Crippen LogP contribution in [0, 0.1) is 6.92 Å². The topological polar surface area (TPSA) is 68.8 Å². The number of nitrogens with zero attached hydrogens (tertiary/aromatic N) is 4. The van der Waals surface area contributed by atoms with Crippen LogP contribution in [0.2, 0.25) is 0 Å². The van der Waals surface area contributed by atoms with Gasteiger partial charge >= 0.3 is 0 Å². The summed E-state index contributed by atoms with van der Waals surface area (Å²) in [4.78, 5) is 37.0. The highest BCUT2D eigenvalue weighted by molar-refractivity contribution is 6.00. The molecule has 0 spiro atoms. The van der Waals surface area contributed by atoms with Crippen LogP contribution in [0.25, 0.3) is 0 Å². The predicted octanol–water partition coefficient (Wildman–Crippen LogP) is 3.75. The van der Waals surface area contributed by atoms with Crippen LogP contribution >= 0.6 is 0 Å². The van der Waals surface area contributed by atoms with E-state index in [0.717, 1.165) is 61.7 Å². The average molecular weight is 484 g/mol. The fraction of sp³-hybridized carbons (Fsp3) is 0.345. The van der Waals surface area contributed by atoms with E-state index in [1.54, 1.807) is 6.20 Å². The molecule has 0 saturated carbocycles. The summed E-state index contributed by atoms with van der Waals surface area (Å²) in [5, 5.41) is 3.18. The fourth-order valence-corrected chi connectivity index (χ4v) is 5.02. The molecule has 0 radical (unpaired) electrons. The second kappa shape index (κ2) is 10.8. The van der Waals surface area contributed by atoms with Crippen LogP contribution in [0.15, 0.2) is 72.9 Å². The Labute approximate surface area is 212 Å². The monoisotopic (exact) mass is 483 g/mol. The number of piperidine rings is 1. The van der Waals surface area contributed by atoms with Gasteiger partial charge in [0, 0.05) is 62.8 Å². The van der Waals surface area contributed by atoms with E-state index in [1.807, 2.05) is 78.6 Å². The minimum Gasteiger partial charge on any atom is -0.371 e. The second-order valence-corrected chi connectivity index (χ2v) is 9.59. The number of rotatable bonds is 5. The lowest BCUT2D eigenvalue weighted by atomic mass is 10.0. The third-order valence-corrected chi connectivity index (χ3v) is 7.16. The van der Waals surface area contributed by atoms with Crippen molar-refractivity contribution in [2.45, 2.75) is 25.8 Å². The lowest BCUT2D eigenvalue weighted by Gasteiger charge is -2.37. The third-order valence-electron chi connectivity index (χ3n) is 7.16. The first-order chi connectivity index (χ1) is 17.6. The van der Waals surface area contributed by atoms with Crippen LogP contribution < -0.4 is 15.1 Å². The number of nitrogens with one attached hydrogen (secondary N) is 1. The summed E-state index contributed by atoms with van der Waals surface area (Å²) in [6.45, 7) is 6.52. The largest absolute Gasteiger partial charge is 0.371 e. The van der Waals surface area contributed by atoms with E-state index < -0.39 is 0 Å². The van der Waals surface area contributed by atoms with Crippen molar-refractivity contribution in [2.24, 2.45) is 0 Å². The van der Waals surface area contributed by atoms with E-state index in [9.17, 15) is 9.59 Å². The molecule has 36 heavy (non-hydrogen) atoms. The van der Waals surface area contributed by atoms with Crippen molar-refractivity contribution in [3.05, 3.63) is 89.6 Å². The SMILES string of the molecule is Cc1ccc(C(=O)NC2CCN(c3ccccc3C(=O)N3CCN(c4ccccn4)CC3)CC2)cc1. The summed E-state index contributed by atoms with van der Waals surface area (Å²) in [5.74, 6) is 1.03. The summed E-state index contributed by atoms with van der Waals surface area (Å²) >= 11 is 0. The number of hydrogen-bond donors (Lipinski definition) is 1. The van der Waals surface area contributed by atoms with E-state index in [-0.39, 0.29) is 17.9 Å². The van der Waals surface area contributed by atoms with Gasteiger partial charge in [-0.3, -0.25) is 9.59 Å². The van der Waals surface area contributed by atoms with E-state index in [0.29, 0.717) is 18.7 Å². The summed E-state index contributed by atoms with van der Waals surface area (Å²) in [6.07, 6.45) is 3.51. The molecule has 7 nitrogen and oxygen atoms in total. The normalized spacial score (nSPS) is 16.6. The number of carbonyl (C=O) groups excluding carboxylic acids is 2. The molecule has 1 aromatic heterocycles. The van der Waals surface area contributed by atoms with Crippen molar-refractivity contribution < 1.29 is 9.59 Å². The summed E-state index contributed by atoms with van der Waals surface area (Å²) in [6, 6.07) is 21.7. The van der Waals surface area contributed by atoms with Crippen molar-refractivity contribution >= 4 is 23.3 Å². The maximum absolute atomic E-state index is 13.5. The number of aromatic nitrogens is 1. The van der Waals surface area contributed by atoms with Crippen molar-refractivity contribution in [2.75, 3.05) is 49.1 Å². The maximum Gasteiger partial charge on any atom is 0.256 e. The first kappa shape index (κ1) is 23.9. The molecule has 0 bridgehead atoms. The van der Waals surface area contributed by atoms with E-state index >= 15 is 0 Å². The minimum atomic E-state index is -0.0196. The standard InChI is InChI=1S/C29H33N5O2/c1-22-9-11-23(12-10-22)28(35)31-24-13-16-32(17-14-24)26-7-3-2-6-25(26)29(36)34-20-18-33(19-21-34)27-8-4-5-15-30-27/h2-12,15,24H,13-14,16-21H2,1H3,(H,31,35). The van der Waals surface area contributed by atoms with E-state index in [1.165, 1.54) is 0 Å². The van der Waals surface area contributed by atoms with Crippen LogP contribution in [0.1, 0.15) is 39.1 Å². The van der Waals surface area contributed by atoms with Gasteiger partial charge in [-0.05, 0) is 56.2 Å². The Balaban J connectivity index is 1.18. The molecule has 2 fully saturated rings. The first-order valence-corrected chi connectivity index (χ1v) is 12.8. The van der Waals surface area contributed by atoms with Gasteiger partial charge in [0.1, 0.15) is 5.82 Å². The molecule has 0 unspecified atom stereocenters. The molecule has 186 valence electrons. The molecule has 5 rings (SSSR count). The molecular formula is C29H33N5O2. The number of piperazine rings is 1. The van der Waals surface area contributed by atoms with Crippen LogP contribution in [0.4, 0.5) is 11.5 Å². The Bertz CT molecular complexity index is 1180. The van der Waals surface area contributed by atoms with Gasteiger partial charge in [-0.25, -0.2) is 4.98 Å². The van der Waals surface area contributed by atoms with Gasteiger partial charge in [0.15, 0.2) is 0 Å². The molecule has 1 N–H and O–H groups in total. The molecule has 0 aliphatic carbocycles. The van der Waals surface area contributed by atoms with Crippen molar-refractivity contribution in [1.82, 2.24) is 15.2 Å². The third kappa shape index (κ3) is 5.35. The minimum absolute atomic E-state index is 0.0196. The molecule has 2 amide bonds. The predicted molar refractivity (Wildman–Crippen MR) is 143 cm³/mol. The Morgan fingerprint density at radius 3 is 2.19 bits per heavy atom. The number of pyridine rings is 1. The molecule has 2 aliphatic heterocycles. The lowest BCUT2D eigenvalue weighted by molar-refractivity contribution is 0.0747. The van der Waals surface area contributed by atoms with Gasteiger partial charge < -0.3 is 20.0 Å². The molecule has 0 atom stereocenters. The van der Waals surface area contributed by atoms with Gasteiger partial charge in [-0.15, -0.1) is 0 Å². The zero-order chi connectivity index (χ0) is 24.9. The maximum atomic E-state index is 13.5. The van der Waals surface area contributed by atoms with Gasteiger partial charge in [0.2, 0.25) is 0 Å². The Morgan fingerprint density at radius 2 is 1.50 bits per heavy atom. The van der Waals surface area contributed by atoms with Crippen LogP contribution in [0.3, 0.4) is 0 Å². The zero-order valence-electron chi connectivity index (χ0n) is 20.8. The molecule has 3 aromatic rings. The van der Waals surface area contributed by atoms with Crippen LogP contribution in [-0.4, -0.2) is 67.0 Å². The highest BCUT2D eigenvalue weighted by Crippen LogP contribution is 2.26. The number of hydrogen-bond acceptors (Lipinski definition) is 5. The molecule has 2 saturated heterocycles. The Morgan fingerprint density at radius 1 is 0.806 bits per heavy atom. The number of amides is 2. The lowest BCUT2D eigenvalue weighted by Crippen LogP contribution is -2.49. The summed E-state index contributed by atoms with van der Waals surface area (Å²) in [5.41, 5.74) is 3.58. The van der Waals surface area contributed by atoms with Gasteiger partial charge in [-0.2, -0.15) is 0 Å². The van der Waals surface area contributed by atoms with E-state index in [2.05, 4.69) is 20.1 Å². The fourth-order valence-electron chi connectivity index (χ4n) is 5.02. The quantitative estimate of drug-likeness (QED) is 0.599. The molecule has 2 aliphatic rings. The Kier molecular flexibility index (Phi) is 7.16. The highest BCUT2D eigenvalue weighted by Gasteiger charge is 2.28. The molecule has 2 aromatic carbocycles. The van der Waals surface area contributed by atoms with Gasteiger partial charge in [-0.1, -0.05) is 35.9 Å². The molecule has 7 heteroatoms. The first-order valence-electron chi connectivity index (χ1n) is 12.8. The van der Waals surface area contributed by atoms with E-state index in [4.69, 9.17) is 0 Å². The van der Waals surface area contributed by atoms with Crippen molar-refractivity contribution in [3.8, 4) is 0 Å². The van der Waals surface area contributed by atoms with Gasteiger partial charge in [0.05, 0.1) is 5.56 Å². The zero-order valence-corrected chi connectivity index (χ0v) is 20.8. The number of para-hydroxylation sites is 1. The highest BCUT2D eigenvalue weighted by atomic mass is 16.2.